The number of hydrogen-bond donors (Lipinski definition) is 1. The van der Waals surface area contributed by atoms with Gasteiger partial charge in [0.1, 0.15) is 0 Å². The predicted octanol–water partition coefficient (Wildman–Crippen LogP) is 4.36. The summed E-state index contributed by atoms with van der Waals surface area (Å²) in [4.78, 5) is 12.6. The van der Waals surface area contributed by atoms with Crippen LogP contribution < -0.4 is 5.32 Å². The normalized spacial score (nSPS) is 23.1. The van der Waals surface area contributed by atoms with Gasteiger partial charge in [-0.15, -0.1) is 0 Å². The van der Waals surface area contributed by atoms with Crippen LogP contribution in [0.3, 0.4) is 0 Å². The predicted molar refractivity (Wildman–Crippen MR) is 83.3 cm³/mol. The number of nitrogens with one attached hydrogen (secondary N) is 1. The van der Waals surface area contributed by atoms with E-state index in [-0.39, 0.29) is 5.91 Å². The smallest absolute Gasteiger partial charge is 0.224 e. The second-order valence-electron chi connectivity index (χ2n) is 4.94. The zero-order chi connectivity index (χ0) is 13.8. The maximum atomic E-state index is 12.0. The summed E-state index contributed by atoms with van der Waals surface area (Å²) in [5, 5.41) is 4.09. The summed E-state index contributed by atoms with van der Waals surface area (Å²) in [7, 11) is 0. The Bertz CT molecular complexity index is 459. The van der Waals surface area contributed by atoms with Crippen molar-refractivity contribution in [1.29, 1.82) is 0 Å². The Morgan fingerprint density at radius 2 is 1.89 bits per heavy atom. The summed E-state index contributed by atoms with van der Waals surface area (Å²) in [5.74, 6) is 0.0522. The first kappa shape index (κ1) is 15.1. The summed E-state index contributed by atoms with van der Waals surface area (Å²) in [6.45, 7) is 0. The fourth-order valence-corrected chi connectivity index (χ4v) is 3.16. The average molecular weight is 365 g/mol. The number of hydrogen-bond acceptors (Lipinski definition) is 1. The van der Waals surface area contributed by atoms with Gasteiger partial charge in [0.25, 0.3) is 0 Å². The van der Waals surface area contributed by atoms with Crippen molar-refractivity contribution in [2.75, 3.05) is 0 Å². The second-order valence-corrected chi connectivity index (χ2v) is 7.05. The van der Waals surface area contributed by atoms with E-state index in [1.165, 1.54) is 0 Å². The van der Waals surface area contributed by atoms with E-state index >= 15 is 0 Å². The molecule has 0 spiro atoms. The number of benzene rings is 1. The van der Waals surface area contributed by atoms with E-state index < -0.39 is 0 Å². The van der Waals surface area contributed by atoms with Crippen LogP contribution in [0.1, 0.15) is 31.2 Å². The Balaban J connectivity index is 1.85. The van der Waals surface area contributed by atoms with Gasteiger partial charge in [0.2, 0.25) is 5.91 Å². The highest BCUT2D eigenvalue weighted by atomic mass is 79.9. The molecule has 0 bridgehead atoms. The van der Waals surface area contributed by atoms with Crippen molar-refractivity contribution in [3.8, 4) is 0 Å². The molecule has 0 aliphatic heterocycles. The van der Waals surface area contributed by atoms with E-state index in [1.807, 2.05) is 6.07 Å². The Morgan fingerprint density at radius 1 is 1.21 bits per heavy atom. The Morgan fingerprint density at radius 3 is 2.53 bits per heavy atom. The Kier molecular flexibility index (Phi) is 5.55. The van der Waals surface area contributed by atoms with Gasteiger partial charge in [-0.3, -0.25) is 4.79 Å². The first-order valence-corrected chi connectivity index (χ1v) is 8.09. The zero-order valence-electron chi connectivity index (χ0n) is 10.5. The van der Waals surface area contributed by atoms with Gasteiger partial charge in [0, 0.05) is 10.9 Å². The summed E-state index contributed by atoms with van der Waals surface area (Å²) >= 11 is 15.4. The molecule has 1 aromatic carbocycles. The van der Waals surface area contributed by atoms with E-state index in [0.29, 0.717) is 27.3 Å². The van der Waals surface area contributed by atoms with E-state index in [9.17, 15) is 4.79 Å². The molecule has 0 heterocycles. The van der Waals surface area contributed by atoms with E-state index in [4.69, 9.17) is 23.2 Å². The number of carbonyl (C=O) groups excluding carboxylic acids is 1. The molecule has 104 valence electrons. The van der Waals surface area contributed by atoms with Crippen molar-refractivity contribution < 1.29 is 4.79 Å². The molecule has 1 saturated carbocycles. The fourth-order valence-electron chi connectivity index (χ4n) is 2.31. The van der Waals surface area contributed by atoms with Crippen LogP contribution in [0.25, 0.3) is 0 Å². The zero-order valence-corrected chi connectivity index (χ0v) is 13.6. The third-order valence-corrected chi connectivity index (χ3v) is 5.03. The van der Waals surface area contributed by atoms with Crippen LogP contribution >= 0.6 is 39.1 Å². The minimum Gasteiger partial charge on any atom is -0.353 e. The maximum absolute atomic E-state index is 12.0. The summed E-state index contributed by atoms with van der Waals surface area (Å²) in [5.41, 5.74) is 0.890. The third-order valence-electron chi connectivity index (χ3n) is 3.37. The molecule has 1 aliphatic carbocycles. The molecule has 2 nitrogen and oxygen atoms in total. The molecule has 0 atom stereocenters. The lowest BCUT2D eigenvalue weighted by atomic mass is 9.95. The first-order chi connectivity index (χ1) is 9.04. The van der Waals surface area contributed by atoms with Gasteiger partial charge in [0.05, 0.1) is 16.5 Å². The minimum absolute atomic E-state index is 0.0522. The van der Waals surface area contributed by atoms with Gasteiger partial charge in [-0.2, -0.15) is 0 Å². The minimum atomic E-state index is 0.0522. The van der Waals surface area contributed by atoms with Gasteiger partial charge in [-0.25, -0.2) is 0 Å². The van der Waals surface area contributed by atoms with Crippen molar-refractivity contribution in [2.24, 2.45) is 0 Å². The summed E-state index contributed by atoms with van der Waals surface area (Å²) < 4.78 is 0. The van der Waals surface area contributed by atoms with Crippen LogP contribution in [0, 0.1) is 0 Å². The van der Waals surface area contributed by atoms with Gasteiger partial charge in [0.15, 0.2) is 0 Å². The van der Waals surface area contributed by atoms with E-state index in [0.717, 1.165) is 31.2 Å². The molecule has 2 rings (SSSR count). The van der Waals surface area contributed by atoms with Crippen molar-refractivity contribution in [3.05, 3.63) is 33.8 Å². The van der Waals surface area contributed by atoms with Crippen molar-refractivity contribution >= 4 is 45.0 Å². The molecule has 1 N–H and O–H groups in total. The molecule has 5 heteroatoms. The van der Waals surface area contributed by atoms with Gasteiger partial charge < -0.3 is 5.32 Å². The Labute approximate surface area is 132 Å². The molecular weight excluding hydrogens is 349 g/mol. The summed E-state index contributed by atoms with van der Waals surface area (Å²) in [6.07, 6.45) is 4.69. The molecule has 0 unspecified atom stereocenters. The van der Waals surface area contributed by atoms with Gasteiger partial charge >= 0.3 is 0 Å². The molecule has 1 aromatic rings. The number of amides is 1. The molecule has 0 saturated heterocycles. The molecule has 1 fully saturated rings. The lowest BCUT2D eigenvalue weighted by Crippen LogP contribution is -2.38. The average Bonchev–Trinajstić information content (AvgIpc) is 2.37. The SMILES string of the molecule is O=C(Cc1ccc(Cl)c(Cl)c1)NC1CCC(Br)CC1. The molecule has 1 amide bonds. The first-order valence-electron chi connectivity index (χ1n) is 6.42. The molecule has 0 aromatic heterocycles. The second kappa shape index (κ2) is 6.96. The third kappa shape index (κ3) is 4.66. The highest BCUT2D eigenvalue weighted by molar-refractivity contribution is 9.09. The number of alkyl halides is 1. The maximum Gasteiger partial charge on any atom is 0.224 e. The lowest BCUT2D eigenvalue weighted by molar-refractivity contribution is -0.121. The number of carbonyl (C=O) groups is 1. The van der Waals surface area contributed by atoms with Gasteiger partial charge in [-0.05, 0) is 43.4 Å². The van der Waals surface area contributed by atoms with Crippen LogP contribution in [-0.4, -0.2) is 16.8 Å². The largest absolute Gasteiger partial charge is 0.353 e. The van der Waals surface area contributed by atoms with Crippen LogP contribution in [0.5, 0.6) is 0 Å². The Hall–Kier alpha value is -0.250. The van der Waals surface area contributed by atoms with Crippen molar-refractivity contribution in [3.63, 3.8) is 0 Å². The molecule has 1 aliphatic rings. The number of halogens is 3. The molecule has 0 radical (unpaired) electrons. The molecular formula is C14H16BrCl2NO. The highest BCUT2D eigenvalue weighted by Crippen LogP contribution is 2.25. The van der Waals surface area contributed by atoms with Crippen LogP contribution in [0.2, 0.25) is 10.0 Å². The topological polar surface area (TPSA) is 29.1 Å². The fraction of sp³-hybridized carbons (Fsp3) is 0.500. The van der Waals surface area contributed by atoms with Crippen molar-refractivity contribution in [2.45, 2.75) is 43.0 Å². The van der Waals surface area contributed by atoms with E-state index in [2.05, 4.69) is 21.2 Å². The molecule has 19 heavy (non-hydrogen) atoms. The standard InChI is InChI=1S/C14H16BrCl2NO/c15-10-2-4-11(5-3-10)18-14(19)8-9-1-6-12(16)13(17)7-9/h1,6-7,10-11H,2-5,8H2,(H,18,19). The summed E-state index contributed by atoms with van der Waals surface area (Å²) in [6, 6.07) is 5.62. The van der Waals surface area contributed by atoms with Crippen LogP contribution in [0.4, 0.5) is 0 Å². The van der Waals surface area contributed by atoms with E-state index in [1.54, 1.807) is 12.1 Å². The lowest BCUT2D eigenvalue weighted by Gasteiger charge is -2.26. The van der Waals surface area contributed by atoms with Gasteiger partial charge in [-0.1, -0.05) is 45.2 Å². The monoisotopic (exact) mass is 363 g/mol. The van der Waals surface area contributed by atoms with Crippen LogP contribution in [0.15, 0.2) is 18.2 Å². The highest BCUT2D eigenvalue weighted by Gasteiger charge is 2.20. The quantitative estimate of drug-likeness (QED) is 0.793. The van der Waals surface area contributed by atoms with Crippen LogP contribution in [-0.2, 0) is 11.2 Å². The number of rotatable bonds is 3. The van der Waals surface area contributed by atoms with Crippen molar-refractivity contribution in [1.82, 2.24) is 5.32 Å².